The summed E-state index contributed by atoms with van der Waals surface area (Å²) in [6.45, 7) is 5.73. The Morgan fingerprint density at radius 1 is 1.42 bits per heavy atom. The summed E-state index contributed by atoms with van der Waals surface area (Å²) in [4.78, 5) is 12.3. The Bertz CT molecular complexity index is 605. The second-order valence-electron chi connectivity index (χ2n) is 4.63. The molecular formula is C14H15IN2O2. The topological polar surface area (TPSA) is 55.1 Å². The second kappa shape index (κ2) is 5.73. The van der Waals surface area contributed by atoms with Gasteiger partial charge in [-0.1, -0.05) is 25.1 Å². The van der Waals surface area contributed by atoms with E-state index in [9.17, 15) is 4.79 Å². The van der Waals surface area contributed by atoms with Crippen LogP contribution in [0.25, 0.3) is 0 Å². The zero-order chi connectivity index (χ0) is 14.0. The van der Waals surface area contributed by atoms with E-state index in [1.807, 2.05) is 38.1 Å². The smallest absolute Gasteiger partial charge is 0.261 e. The minimum absolute atomic E-state index is 0.123. The maximum Gasteiger partial charge on any atom is 0.261 e. The molecule has 4 nitrogen and oxygen atoms in total. The van der Waals surface area contributed by atoms with Crippen LogP contribution in [0.2, 0.25) is 0 Å². The number of halogens is 1. The van der Waals surface area contributed by atoms with Crippen molar-refractivity contribution in [1.29, 1.82) is 0 Å². The predicted octanol–water partition coefficient (Wildman–Crippen LogP) is 3.96. The SMILES string of the molecule is Cc1noc(C(C)C)c1C(=O)Nc1cccc(I)c1. The van der Waals surface area contributed by atoms with Gasteiger partial charge in [-0.2, -0.15) is 0 Å². The fraction of sp³-hybridized carbons (Fsp3) is 0.286. The lowest BCUT2D eigenvalue weighted by molar-refractivity contribution is 0.102. The molecule has 1 amide bonds. The van der Waals surface area contributed by atoms with Crippen molar-refractivity contribution in [1.82, 2.24) is 5.16 Å². The van der Waals surface area contributed by atoms with Crippen LogP contribution in [-0.4, -0.2) is 11.1 Å². The van der Waals surface area contributed by atoms with E-state index in [1.54, 1.807) is 6.92 Å². The summed E-state index contributed by atoms with van der Waals surface area (Å²) in [5.74, 6) is 0.572. The number of aryl methyl sites for hydroxylation is 1. The molecule has 2 rings (SSSR count). The van der Waals surface area contributed by atoms with Gasteiger partial charge in [0.25, 0.3) is 5.91 Å². The molecule has 0 bridgehead atoms. The molecule has 0 saturated carbocycles. The van der Waals surface area contributed by atoms with Gasteiger partial charge < -0.3 is 9.84 Å². The number of anilines is 1. The summed E-state index contributed by atoms with van der Waals surface area (Å²) >= 11 is 2.21. The fourth-order valence-corrected chi connectivity index (χ4v) is 2.36. The Labute approximate surface area is 125 Å². The van der Waals surface area contributed by atoms with Gasteiger partial charge >= 0.3 is 0 Å². The lowest BCUT2D eigenvalue weighted by Gasteiger charge is -2.07. The van der Waals surface area contributed by atoms with E-state index in [4.69, 9.17) is 4.52 Å². The molecule has 19 heavy (non-hydrogen) atoms. The van der Waals surface area contributed by atoms with E-state index < -0.39 is 0 Å². The molecule has 1 heterocycles. The fourth-order valence-electron chi connectivity index (χ4n) is 1.82. The number of carbonyl (C=O) groups is 1. The van der Waals surface area contributed by atoms with Crippen molar-refractivity contribution in [3.05, 3.63) is 44.9 Å². The minimum atomic E-state index is -0.176. The molecule has 0 aliphatic rings. The molecule has 1 aromatic heterocycles. The first-order chi connectivity index (χ1) is 8.99. The van der Waals surface area contributed by atoms with Gasteiger partial charge in [0, 0.05) is 15.2 Å². The highest BCUT2D eigenvalue weighted by Crippen LogP contribution is 2.23. The molecule has 1 N–H and O–H groups in total. The quantitative estimate of drug-likeness (QED) is 0.833. The van der Waals surface area contributed by atoms with E-state index in [-0.39, 0.29) is 11.8 Å². The zero-order valence-corrected chi connectivity index (χ0v) is 13.2. The van der Waals surface area contributed by atoms with Gasteiger partial charge in [0.05, 0.1) is 5.69 Å². The number of carbonyl (C=O) groups excluding carboxylic acids is 1. The van der Waals surface area contributed by atoms with Crippen molar-refractivity contribution in [2.75, 3.05) is 5.32 Å². The minimum Gasteiger partial charge on any atom is -0.360 e. The standard InChI is InChI=1S/C14H15IN2O2/c1-8(2)13-12(9(3)17-19-13)14(18)16-11-6-4-5-10(15)7-11/h4-8H,1-3H3,(H,16,18). The number of aromatic nitrogens is 1. The van der Waals surface area contributed by atoms with E-state index >= 15 is 0 Å². The average Bonchev–Trinajstić information content (AvgIpc) is 2.71. The predicted molar refractivity (Wildman–Crippen MR) is 82.4 cm³/mol. The van der Waals surface area contributed by atoms with Crippen LogP contribution < -0.4 is 5.32 Å². The number of rotatable bonds is 3. The molecule has 0 radical (unpaired) electrons. The summed E-state index contributed by atoms with van der Waals surface area (Å²) < 4.78 is 6.30. The molecule has 0 unspecified atom stereocenters. The van der Waals surface area contributed by atoms with Crippen molar-refractivity contribution in [2.45, 2.75) is 26.7 Å². The third-order valence-electron chi connectivity index (χ3n) is 2.72. The van der Waals surface area contributed by atoms with Crippen LogP contribution in [0, 0.1) is 10.5 Å². The molecule has 0 atom stereocenters. The molecule has 2 aromatic rings. The summed E-state index contributed by atoms with van der Waals surface area (Å²) in [6, 6.07) is 7.65. The van der Waals surface area contributed by atoms with Crippen molar-refractivity contribution in [3.63, 3.8) is 0 Å². The molecule has 0 aliphatic carbocycles. The van der Waals surface area contributed by atoms with Gasteiger partial charge in [-0.05, 0) is 47.7 Å². The maximum atomic E-state index is 12.3. The maximum absolute atomic E-state index is 12.3. The summed E-state index contributed by atoms with van der Waals surface area (Å²) in [7, 11) is 0. The first-order valence-corrected chi connectivity index (χ1v) is 7.10. The van der Waals surface area contributed by atoms with Gasteiger partial charge in [-0.15, -0.1) is 0 Å². The van der Waals surface area contributed by atoms with Crippen LogP contribution in [0.5, 0.6) is 0 Å². The van der Waals surface area contributed by atoms with E-state index in [1.165, 1.54) is 0 Å². The first kappa shape index (κ1) is 14.0. The van der Waals surface area contributed by atoms with Crippen LogP contribution in [0.3, 0.4) is 0 Å². The number of amides is 1. The second-order valence-corrected chi connectivity index (χ2v) is 5.87. The summed E-state index contributed by atoms with van der Waals surface area (Å²) in [5.41, 5.74) is 1.92. The van der Waals surface area contributed by atoms with Crippen LogP contribution >= 0.6 is 22.6 Å². The van der Waals surface area contributed by atoms with Gasteiger partial charge in [-0.3, -0.25) is 4.79 Å². The van der Waals surface area contributed by atoms with E-state index in [0.717, 1.165) is 9.26 Å². The van der Waals surface area contributed by atoms with Crippen LogP contribution in [0.15, 0.2) is 28.8 Å². The molecule has 0 aliphatic heterocycles. The molecule has 1 aromatic carbocycles. The van der Waals surface area contributed by atoms with Crippen molar-refractivity contribution >= 4 is 34.2 Å². The third-order valence-corrected chi connectivity index (χ3v) is 3.39. The summed E-state index contributed by atoms with van der Waals surface area (Å²) in [5, 5.41) is 6.76. The number of nitrogens with one attached hydrogen (secondary N) is 1. The number of benzene rings is 1. The van der Waals surface area contributed by atoms with Crippen LogP contribution in [-0.2, 0) is 0 Å². The Morgan fingerprint density at radius 3 is 2.79 bits per heavy atom. The van der Waals surface area contributed by atoms with Crippen molar-refractivity contribution in [2.24, 2.45) is 0 Å². The van der Waals surface area contributed by atoms with Gasteiger partial charge in [0.2, 0.25) is 0 Å². The van der Waals surface area contributed by atoms with E-state index in [2.05, 4.69) is 33.1 Å². The Balaban J connectivity index is 2.28. The van der Waals surface area contributed by atoms with Crippen molar-refractivity contribution in [3.8, 4) is 0 Å². The highest BCUT2D eigenvalue weighted by atomic mass is 127. The molecule has 0 saturated heterocycles. The molecule has 5 heteroatoms. The number of nitrogens with zero attached hydrogens (tertiary/aromatic N) is 1. The molecule has 0 fully saturated rings. The Hall–Kier alpha value is -1.37. The third kappa shape index (κ3) is 3.15. The zero-order valence-electron chi connectivity index (χ0n) is 11.0. The highest BCUT2D eigenvalue weighted by Gasteiger charge is 2.22. The molecular weight excluding hydrogens is 355 g/mol. The highest BCUT2D eigenvalue weighted by molar-refractivity contribution is 14.1. The number of hydrogen-bond acceptors (Lipinski definition) is 3. The largest absolute Gasteiger partial charge is 0.360 e. The summed E-state index contributed by atoms with van der Waals surface area (Å²) in [6.07, 6.45) is 0. The van der Waals surface area contributed by atoms with Crippen LogP contribution in [0.4, 0.5) is 5.69 Å². The van der Waals surface area contributed by atoms with Crippen LogP contribution in [0.1, 0.15) is 41.6 Å². The van der Waals surface area contributed by atoms with Crippen molar-refractivity contribution < 1.29 is 9.32 Å². The monoisotopic (exact) mass is 370 g/mol. The Kier molecular flexibility index (Phi) is 4.24. The lowest BCUT2D eigenvalue weighted by atomic mass is 10.0. The molecule has 0 spiro atoms. The van der Waals surface area contributed by atoms with Gasteiger partial charge in [-0.25, -0.2) is 0 Å². The normalized spacial score (nSPS) is 10.8. The number of hydrogen-bond donors (Lipinski definition) is 1. The Morgan fingerprint density at radius 2 is 2.16 bits per heavy atom. The molecule has 100 valence electrons. The average molecular weight is 370 g/mol. The van der Waals surface area contributed by atoms with Gasteiger partial charge in [0.1, 0.15) is 5.56 Å². The lowest BCUT2D eigenvalue weighted by Crippen LogP contribution is -2.14. The first-order valence-electron chi connectivity index (χ1n) is 6.02. The van der Waals surface area contributed by atoms with E-state index in [0.29, 0.717) is 17.0 Å². The van der Waals surface area contributed by atoms with Gasteiger partial charge in [0.15, 0.2) is 5.76 Å².